The fourth-order valence-electron chi connectivity index (χ4n) is 8.08. The third-order valence-corrected chi connectivity index (χ3v) is 12.8. The van der Waals surface area contributed by atoms with Crippen molar-refractivity contribution in [2.24, 2.45) is 4.36 Å². The van der Waals surface area contributed by atoms with Gasteiger partial charge in [-0.1, -0.05) is 97.1 Å². The average molecular weight is 731 g/mol. The SMILES string of the molecule is CN(C(=O)O)C1(C)COc2c(S(=O)(=NC(c3ccccc3)(c3ccccc3)c3ccccc3)NC(=O)Nc3c4c(cc5c3CCC5)CCC4)cnn2C1. The first-order valence-corrected chi connectivity index (χ1v) is 19.5. The normalized spacial score (nSPS) is 18.5. The number of carboxylic acid groups (broad SMARTS) is 1. The minimum atomic E-state index is -3.96. The number of ether oxygens (including phenoxy) is 1. The van der Waals surface area contributed by atoms with Crippen molar-refractivity contribution in [1.29, 1.82) is 0 Å². The summed E-state index contributed by atoms with van der Waals surface area (Å²) in [4.78, 5) is 27.7. The van der Waals surface area contributed by atoms with Gasteiger partial charge in [0.2, 0.25) is 5.88 Å². The zero-order chi connectivity index (χ0) is 36.8. The fraction of sp³-hybridized carbons (Fsp3) is 0.293. The molecular formula is C41H42N6O5S. The largest absolute Gasteiger partial charge is 0.474 e. The summed E-state index contributed by atoms with van der Waals surface area (Å²) in [6.07, 6.45) is 6.01. The van der Waals surface area contributed by atoms with E-state index in [1.54, 1.807) is 6.92 Å². The van der Waals surface area contributed by atoms with E-state index in [1.807, 2.05) is 91.0 Å². The number of aryl methyl sites for hydroxylation is 2. The molecule has 2 aliphatic carbocycles. The van der Waals surface area contributed by atoms with Crippen molar-refractivity contribution in [1.82, 2.24) is 19.4 Å². The smallest absolute Gasteiger partial charge is 0.407 e. The first kappa shape index (κ1) is 34.5. The van der Waals surface area contributed by atoms with Crippen LogP contribution < -0.4 is 14.8 Å². The Morgan fingerprint density at radius 3 is 1.92 bits per heavy atom. The van der Waals surface area contributed by atoms with Gasteiger partial charge in [0.05, 0.1) is 18.3 Å². The molecule has 0 saturated heterocycles. The van der Waals surface area contributed by atoms with Crippen LogP contribution in [0.3, 0.4) is 0 Å². The van der Waals surface area contributed by atoms with Crippen LogP contribution in [0.5, 0.6) is 5.88 Å². The van der Waals surface area contributed by atoms with Gasteiger partial charge in [-0.05, 0) is 84.4 Å². The number of anilines is 1. The Morgan fingerprint density at radius 1 is 0.887 bits per heavy atom. The molecule has 2 unspecified atom stereocenters. The van der Waals surface area contributed by atoms with Gasteiger partial charge in [0.25, 0.3) is 0 Å². The summed E-state index contributed by atoms with van der Waals surface area (Å²) in [5.41, 5.74) is 5.51. The van der Waals surface area contributed by atoms with Crippen molar-refractivity contribution in [2.45, 2.75) is 68.0 Å². The minimum Gasteiger partial charge on any atom is -0.474 e. The Balaban J connectivity index is 1.33. The number of likely N-dealkylation sites (N-methyl/N-ethyl adjacent to an activating group) is 1. The van der Waals surface area contributed by atoms with Gasteiger partial charge in [-0.3, -0.25) is 0 Å². The summed E-state index contributed by atoms with van der Waals surface area (Å²) in [5.74, 6) is 0.153. The molecule has 0 fully saturated rings. The van der Waals surface area contributed by atoms with E-state index in [-0.39, 0.29) is 23.9 Å². The molecule has 1 aliphatic heterocycles. The highest BCUT2D eigenvalue weighted by Gasteiger charge is 2.43. The third-order valence-electron chi connectivity index (χ3n) is 10.9. The van der Waals surface area contributed by atoms with Crippen LogP contribution >= 0.6 is 0 Å². The van der Waals surface area contributed by atoms with E-state index in [0.29, 0.717) is 0 Å². The van der Waals surface area contributed by atoms with Crippen LogP contribution in [-0.4, -0.2) is 55.3 Å². The van der Waals surface area contributed by atoms with E-state index in [2.05, 4.69) is 21.2 Å². The molecule has 53 heavy (non-hydrogen) atoms. The molecular weight excluding hydrogens is 689 g/mol. The average Bonchev–Trinajstić information content (AvgIpc) is 3.95. The van der Waals surface area contributed by atoms with Gasteiger partial charge in [-0.2, -0.15) is 9.46 Å². The maximum absolute atomic E-state index is 16.2. The molecule has 11 nitrogen and oxygen atoms in total. The highest BCUT2D eigenvalue weighted by molar-refractivity contribution is 7.92. The Morgan fingerprint density at radius 2 is 1.42 bits per heavy atom. The Hall–Kier alpha value is -5.62. The number of carbonyl (C=O) groups is 2. The van der Waals surface area contributed by atoms with Gasteiger partial charge in [0.1, 0.15) is 17.0 Å². The van der Waals surface area contributed by atoms with Gasteiger partial charge in [0.15, 0.2) is 9.92 Å². The molecule has 0 bridgehead atoms. The van der Waals surface area contributed by atoms with E-state index in [4.69, 9.17) is 9.10 Å². The molecule has 3 amide bonds. The van der Waals surface area contributed by atoms with Gasteiger partial charge in [-0.15, -0.1) is 0 Å². The third kappa shape index (κ3) is 6.00. The van der Waals surface area contributed by atoms with Crippen molar-refractivity contribution in [3.63, 3.8) is 0 Å². The number of hydrogen-bond donors (Lipinski definition) is 3. The predicted octanol–water partition coefficient (Wildman–Crippen LogP) is 7.18. The lowest BCUT2D eigenvalue weighted by atomic mass is 9.78. The van der Waals surface area contributed by atoms with E-state index < -0.39 is 33.1 Å². The highest BCUT2D eigenvalue weighted by Crippen LogP contribution is 2.44. The summed E-state index contributed by atoms with van der Waals surface area (Å²) in [7, 11) is -2.48. The topological polar surface area (TPSA) is 138 Å². The molecule has 3 N–H and O–H groups in total. The number of amides is 3. The molecule has 2 atom stereocenters. The Bertz CT molecular complexity index is 2190. The maximum atomic E-state index is 16.2. The molecule has 0 spiro atoms. The van der Waals surface area contributed by atoms with Crippen LogP contribution in [0.4, 0.5) is 15.3 Å². The number of benzene rings is 4. The molecule has 12 heteroatoms. The molecule has 0 radical (unpaired) electrons. The van der Waals surface area contributed by atoms with Gasteiger partial charge < -0.3 is 20.1 Å². The van der Waals surface area contributed by atoms with Crippen LogP contribution in [-0.2, 0) is 47.7 Å². The second kappa shape index (κ2) is 13.4. The van der Waals surface area contributed by atoms with E-state index in [1.165, 1.54) is 34.0 Å². The first-order valence-electron chi connectivity index (χ1n) is 18.0. The zero-order valence-corrected chi connectivity index (χ0v) is 30.6. The number of rotatable bonds is 8. The summed E-state index contributed by atoms with van der Waals surface area (Å²) in [5, 5.41) is 17.5. The molecule has 1 aromatic heterocycles. The number of nitrogens with one attached hydrogen (secondary N) is 2. The molecule has 3 aliphatic rings. The molecule has 2 heterocycles. The fourth-order valence-corrected chi connectivity index (χ4v) is 9.93. The number of hydrogen-bond acceptors (Lipinski definition) is 6. The van der Waals surface area contributed by atoms with E-state index >= 15 is 4.21 Å². The number of nitrogens with zero attached hydrogens (tertiary/aromatic N) is 4. The Labute approximate surface area is 309 Å². The van der Waals surface area contributed by atoms with Gasteiger partial charge in [0, 0.05) is 12.7 Å². The van der Waals surface area contributed by atoms with Crippen molar-refractivity contribution >= 4 is 27.7 Å². The first-order chi connectivity index (χ1) is 25.6. The summed E-state index contributed by atoms with van der Waals surface area (Å²) in [6.45, 7) is 1.87. The van der Waals surface area contributed by atoms with Crippen molar-refractivity contribution in [2.75, 3.05) is 19.0 Å². The van der Waals surface area contributed by atoms with Gasteiger partial charge >= 0.3 is 12.1 Å². The summed E-state index contributed by atoms with van der Waals surface area (Å²) < 4.78 is 32.1. The summed E-state index contributed by atoms with van der Waals surface area (Å²) >= 11 is 0. The number of aromatic nitrogens is 2. The minimum absolute atomic E-state index is 0.0281. The molecule has 5 aromatic rings. The zero-order valence-electron chi connectivity index (χ0n) is 29.7. The monoisotopic (exact) mass is 730 g/mol. The molecule has 8 rings (SSSR count). The Kier molecular flexibility index (Phi) is 8.72. The number of fused-ring (bicyclic) bond motifs is 3. The van der Waals surface area contributed by atoms with Crippen LogP contribution in [0.25, 0.3) is 0 Å². The molecule has 272 valence electrons. The second-order valence-corrected chi connectivity index (χ2v) is 16.2. The lowest BCUT2D eigenvalue weighted by Gasteiger charge is -2.40. The van der Waals surface area contributed by atoms with Crippen molar-refractivity contribution in [3.05, 3.63) is 142 Å². The van der Waals surface area contributed by atoms with Crippen molar-refractivity contribution in [3.8, 4) is 5.88 Å². The van der Waals surface area contributed by atoms with Crippen LogP contribution in [0.2, 0.25) is 0 Å². The standard InChI is InChI=1S/C41H42N6O5S/c1-40(46(2)39(49)50)26-47-37(52-27-40)35(25-42-47)53(51,44-38(48)43-36-33-22-12-14-28(33)24-29-15-13-23-34(29)36)45-41(30-16-6-3-7-17-30,31-18-8-4-9-19-31)32-20-10-5-11-21-32/h3-11,16-21,24-25H,12-15,22-23,26-27H2,1-2H3,(H,49,50)(H2,43,44,45,48,51). The highest BCUT2D eigenvalue weighted by atomic mass is 32.2. The summed E-state index contributed by atoms with van der Waals surface area (Å²) in [6, 6.07) is 30.5. The lowest BCUT2D eigenvalue weighted by Crippen LogP contribution is -2.55. The van der Waals surface area contributed by atoms with E-state index in [0.717, 1.165) is 72.0 Å². The molecule has 4 aromatic carbocycles. The van der Waals surface area contributed by atoms with Gasteiger partial charge in [-0.25, -0.2) is 23.2 Å². The maximum Gasteiger partial charge on any atom is 0.407 e. The van der Waals surface area contributed by atoms with Crippen LogP contribution in [0, 0.1) is 0 Å². The number of urea groups is 1. The van der Waals surface area contributed by atoms with Crippen molar-refractivity contribution < 1.29 is 23.6 Å². The number of carbonyl (C=O) groups excluding carboxylic acids is 1. The molecule has 0 saturated carbocycles. The second-order valence-electron chi connectivity index (χ2n) is 14.3. The predicted molar refractivity (Wildman–Crippen MR) is 203 cm³/mol. The van der Waals surface area contributed by atoms with Crippen LogP contribution in [0.15, 0.2) is 113 Å². The quantitative estimate of drug-likeness (QED) is 0.145. The van der Waals surface area contributed by atoms with E-state index in [9.17, 15) is 14.7 Å². The lowest BCUT2D eigenvalue weighted by molar-refractivity contribution is 0.0281. The van der Waals surface area contributed by atoms with Crippen LogP contribution in [0.1, 0.15) is 58.7 Å².